The molecule has 0 bridgehead atoms. The Hall–Kier alpha value is -0.830. The third-order valence-electron chi connectivity index (χ3n) is 1.95. The van der Waals surface area contributed by atoms with E-state index in [-0.39, 0.29) is 0 Å². The van der Waals surface area contributed by atoms with E-state index < -0.39 is 0 Å². The van der Waals surface area contributed by atoms with Crippen molar-refractivity contribution in [3.05, 3.63) is 23.8 Å². The second kappa shape index (κ2) is 5.81. The lowest BCUT2D eigenvalue weighted by atomic mass is 10.1. The molecule has 0 heterocycles. The summed E-state index contributed by atoms with van der Waals surface area (Å²) in [7, 11) is 1.67. The molecular formula is C11H16O2S. The highest BCUT2D eigenvalue weighted by Crippen LogP contribution is 2.31. The molecule has 0 fully saturated rings. The first-order valence-electron chi connectivity index (χ1n) is 4.73. The molecule has 0 aliphatic heterocycles. The third-order valence-corrected chi connectivity index (χ3v) is 2.17. The van der Waals surface area contributed by atoms with Crippen LogP contribution in [-0.4, -0.2) is 19.5 Å². The molecule has 0 aliphatic rings. The van der Waals surface area contributed by atoms with Crippen molar-refractivity contribution in [1.29, 1.82) is 0 Å². The van der Waals surface area contributed by atoms with Crippen molar-refractivity contribution in [1.82, 2.24) is 0 Å². The van der Waals surface area contributed by atoms with E-state index in [0.717, 1.165) is 29.2 Å². The molecule has 0 amide bonds. The molecule has 1 rings (SSSR count). The lowest BCUT2D eigenvalue weighted by Gasteiger charge is -2.12. The second-order valence-corrected chi connectivity index (χ2v) is 3.30. The van der Waals surface area contributed by atoms with Crippen molar-refractivity contribution in [2.45, 2.75) is 13.3 Å². The van der Waals surface area contributed by atoms with Gasteiger partial charge in [-0.25, -0.2) is 0 Å². The molecule has 1 aromatic carbocycles. The van der Waals surface area contributed by atoms with E-state index in [0.29, 0.717) is 6.61 Å². The molecule has 0 aromatic heterocycles. The molecule has 2 nitrogen and oxygen atoms in total. The predicted octanol–water partition coefficient (Wildman–Crippen LogP) is 2.57. The standard InChI is InChI=1S/C11H16O2S/c1-3-13-10-6-4-5-9(7-8-14)11(10)12-2/h4-6,14H,3,7-8H2,1-2H3. The Balaban J connectivity index is 2.98. The van der Waals surface area contributed by atoms with Gasteiger partial charge in [0.2, 0.25) is 0 Å². The molecule has 0 atom stereocenters. The van der Waals surface area contributed by atoms with Gasteiger partial charge in [0.15, 0.2) is 11.5 Å². The number of methoxy groups -OCH3 is 1. The quantitative estimate of drug-likeness (QED) is 0.756. The van der Waals surface area contributed by atoms with Gasteiger partial charge in [-0.3, -0.25) is 0 Å². The highest BCUT2D eigenvalue weighted by atomic mass is 32.1. The zero-order valence-electron chi connectivity index (χ0n) is 8.62. The van der Waals surface area contributed by atoms with Crippen molar-refractivity contribution >= 4 is 12.6 Å². The minimum Gasteiger partial charge on any atom is -0.493 e. The van der Waals surface area contributed by atoms with Crippen molar-refractivity contribution in [3.8, 4) is 11.5 Å². The molecule has 0 saturated heterocycles. The SMILES string of the molecule is CCOc1cccc(CCS)c1OC. The normalized spacial score (nSPS) is 9.93. The van der Waals surface area contributed by atoms with E-state index in [4.69, 9.17) is 9.47 Å². The lowest BCUT2D eigenvalue weighted by Crippen LogP contribution is -1.99. The number of benzene rings is 1. The van der Waals surface area contributed by atoms with Crippen LogP contribution in [0.1, 0.15) is 12.5 Å². The first-order valence-corrected chi connectivity index (χ1v) is 5.36. The van der Waals surface area contributed by atoms with Gasteiger partial charge in [0.05, 0.1) is 13.7 Å². The Kier molecular flexibility index (Phi) is 4.66. The van der Waals surface area contributed by atoms with E-state index in [9.17, 15) is 0 Å². The van der Waals surface area contributed by atoms with Gasteiger partial charge in [-0.1, -0.05) is 12.1 Å². The molecule has 3 heteroatoms. The zero-order valence-corrected chi connectivity index (χ0v) is 9.51. The number of para-hydroxylation sites is 1. The van der Waals surface area contributed by atoms with Gasteiger partial charge in [0.25, 0.3) is 0 Å². The molecule has 0 N–H and O–H groups in total. The van der Waals surface area contributed by atoms with Gasteiger partial charge in [-0.15, -0.1) is 0 Å². The van der Waals surface area contributed by atoms with Crippen LogP contribution in [0.3, 0.4) is 0 Å². The van der Waals surface area contributed by atoms with Crippen LogP contribution < -0.4 is 9.47 Å². The fraction of sp³-hybridized carbons (Fsp3) is 0.455. The fourth-order valence-corrected chi connectivity index (χ4v) is 1.62. The smallest absolute Gasteiger partial charge is 0.163 e. The summed E-state index contributed by atoms with van der Waals surface area (Å²) in [5.41, 5.74) is 1.15. The Morgan fingerprint density at radius 1 is 1.36 bits per heavy atom. The summed E-state index contributed by atoms with van der Waals surface area (Å²) in [6, 6.07) is 5.94. The van der Waals surface area contributed by atoms with Gasteiger partial charge < -0.3 is 9.47 Å². The van der Waals surface area contributed by atoms with E-state index in [2.05, 4.69) is 12.6 Å². The summed E-state index contributed by atoms with van der Waals surface area (Å²) < 4.78 is 10.8. The highest BCUT2D eigenvalue weighted by molar-refractivity contribution is 7.80. The summed E-state index contributed by atoms with van der Waals surface area (Å²) in [6.45, 7) is 2.62. The zero-order chi connectivity index (χ0) is 10.4. The highest BCUT2D eigenvalue weighted by Gasteiger charge is 2.08. The number of hydrogen-bond acceptors (Lipinski definition) is 3. The fourth-order valence-electron chi connectivity index (χ4n) is 1.38. The average Bonchev–Trinajstić information content (AvgIpc) is 2.19. The summed E-state index contributed by atoms with van der Waals surface area (Å²) in [6.07, 6.45) is 0.896. The molecule has 0 saturated carbocycles. The van der Waals surface area contributed by atoms with E-state index in [1.54, 1.807) is 7.11 Å². The minimum atomic E-state index is 0.653. The average molecular weight is 212 g/mol. The maximum atomic E-state index is 5.46. The van der Waals surface area contributed by atoms with Gasteiger partial charge in [-0.05, 0) is 30.7 Å². The topological polar surface area (TPSA) is 18.5 Å². The van der Waals surface area contributed by atoms with E-state index in [1.807, 2.05) is 25.1 Å². The number of aryl methyl sites for hydroxylation is 1. The van der Waals surface area contributed by atoms with Crippen molar-refractivity contribution in [2.75, 3.05) is 19.5 Å². The Morgan fingerprint density at radius 2 is 2.14 bits per heavy atom. The van der Waals surface area contributed by atoms with Crippen LogP contribution in [0.5, 0.6) is 11.5 Å². The largest absolute Gasteiger partial charge is 0.493 e. The van der Waals surface area contributed by atoms with Gasteiger partial charge in [0, 0.05) is 0 Å². The molecule has 0 unspecified atom stereocenters. The summed E-state index contributed by atoms with van der Waals surface area (Å²) in [4.78, 5) is 0. The van der Waals surface area contributed by atoms with Gasteiger partial charge >= 0.3 is 0 Å². The Labute approximate surface area is 90.6 Å². The number of rotatable bonds is 5. The number of hydrogen-bond donors (Lipinski definition) is 1. The van der Waals surface area contributed by atoms with Crippen LogP contribution >= 0.6 is 12.6 Å². The van der Waals surface area contributed by atoms with Crippen LogP contribution in [-0.2, 0) is 6.42 Å². The summed E-state index contributed by atoms with van der Waals surface area (Å²) in [5, 5.41) is 0. The predicted molar refractivity (Wildman–Crippen MR) is 61.7 cm³/mol. The van der Waals surface area contributed by atoms with Crippen LogP contribution in [0.15, 0.2) is 18.2 Å². The summed E-state index contributed by atoms with van der Waals surface area (Å²) >= 11 is 4.21. The molecule has 0 aliphatic carbocycles. The monoisotopic (exact) mass is 212 g/mol. The minimum absolute atomic E-state index is 0.653. The molecule has 78 valence electrons. The van der Waals surface area contributed by atoms with Crippen LogP contribution in [0.4, 0.5) is 0 Å². The number of thiol groups is 1. The maximum absolute atomic E-state index is 5.46. The van der Waals surface area contributed by atoms with Crippen LogP contribution in [0, 0.1) is 0 Å². The third kappa shape index (κ3) is 2.58. The maximum Gasteiger partial charge on any atom is 0.163 e. The molecule has 1 aromatic rings. The van der Waals surface area contributed by atoms with Crippen LogP contribution in [0.2, 0.25) is 0 Å². The van der Waals surface area contributed by atoms with Crippen molar-refractivity contribution in [3.63, 3.8) is 0 Å². The first kappa shape index (κ1) is 11.2. The molecule has 14 heavy (non-hydrogen) atoms. The Bertz CT molecular complexity index is 262. The molecular weight excluding hydrogens is 196 g/mol. The van der Waals surface area contributed by atoms with Crippen LogP contribution in [0.25, 0.3) is 0 Å². The van der Waals surface area contributed by atoms with Crippen molar-refractivity contribution in [2.24, 2.45) is 0 Å². The first-order chi connectivity index (χ1) is 6.83. The van der Waals surface area contributed by atoms with E-state index >= 15 is 0 Å². The lowest BCUT2D eigenvalue weighted by molar-refractivity contribution is 0.309. The second-order valence-electron chi connectivity index (χ2n) is 2.86. The van der Waals surface area contributed by atoms with Gasteiger partial charge in [0.1, 0.15) is 0 Å². The van der Waals surface area contributed by atoms with Gasteiger partial charge in [-0.2, -0.15) is 12.6 Å². The Morgan fingerprint density at radius 3 is 2.71 bits per heavy atom. The molecule has 0 radical (unpaired) electrons. The number of ether oxygens (including phenoxy) is 2. The summed E-state index contributed by atoms with van der Waals surface area (Å²) in [5.74, 6) is 2.46. The van der Waals surface area contributed by atoms with Crippen molar-refractivity contribution < 1.29 is 9.47 Å². The van der Waals surface area contributed by atoms with E-state index in [1.165, 1.54) is 0 Å². The molecule has 0 spiro atoms.